The number of carbonyl (C=O) groups is 5. The molecule has 0 bridgehead atoms. The second kappa shape index (κ2) is 23.1. The molecular weight excluding hydrogens is 450 g/mol. The zero-order valence-electron chi connectivity index (χ0n) is 21.8. The van der Waals surface area contributed by atoms with Crippen molar-refractivity contribution in [2.45, 2.75) is 97.3 Å². The SMILES string of the molecule is CCCCCNC(=O)CCC(=O)NCCCCCNC(=O)CCC(=O)NCCCCCNC(C)=O. The van der Waals surface area contributed by atoms with Gasteiger partial charge in [-0.05, 0) is 44.9 Å². The van der Waals surface area contributed by atoms with Gasteiger partial charge in [0.05, 0.1) is 0 Å². The Morgan fingerprint density at radius 1 is 0.429 bits per heavy atom. The van der Waals surface area contributed by atoms with Crippen molar-refractivity contribution in [2.75, 3.05) is 32.7 Å². The van der Waals surface area contributed by atoms with Crippen LogP contribution in [-0.4, -0.2) is 62.3 Å². The van der Waals surface area contributed by atoms with Crippen LogP contribution in [0.3, 0.4) is 0 Å². The van der Waals surface area contributed by atoms with Gasteiger partial charge in [0.1, 0.15) is 0 Å². The molecule has 0 atom stereocenters. The smallest absolute Gasteiger partial charge is 0.220 e. The number of unbranched alkanes of at least 4 members (excludes halogenated alkanes) is 6. The Morgan fingerprint density at radius 3 is 1.00 bits per heavy atom. The van der Waals surface area contributed by atoms with Crippen molar-refractivity contribution < 1.29 is 24.0 Å². The lowest BCUT2D eigenvalue weighted by Gasteiger charge is -2.08. The molecule has 0 fully saturated rings. The molecule has 5 N–H and O–H groups in total. The van der Waals surface area contributed by atoms with Crippen LogP contribution in [0.4, 0.5) is 0 Å². The first-order valence-corrected chi connectivity index (χ1v) is 13.2. The van der Waals surface area contributed by atoms with Gasteiger partial charge in [-0.1, -0.05) is 19.8 Å². The molecule has 0 unspecified atom stereocenters. The zero-order valence-corrected chi connectivity index (χ0v) is 21.8. The molecule has 0 aromatic heterocycles. The quantitative estimate of drug-likeness (QED) is 0.145. The zero-order chi connectivity index (χ0) is 26.2. The van der Waals surface area contributed by atoms with Crippen molar-refractivity contribution in [2.24, 2.45) is 0 Å². The molecule has 10 nitrogen and oxygen atoms in total. The van der Waals surface area contributed by atoms with Crippen LogP contribution in [0.2, 0.25) is 0 Å². The molecule has 0 rings (SSSR count). The fraction of sp³-hybridized carbons (Fsp3) is 0.800. The largest absolute Gasteiger partial charge is 0.356 e. The van der Waals surface area contributed by atoms with E-state index in [0.29, 0.717) is 32.7 Å². The second-order valence-corrected chi connectivity index (χ2v) is 8.71. The summed E-state index contributed by atoms with van der Waals surface area (Å²) < 4.78 is 0. The number of rotatable bonds is 22. The van der Waals surface area contributed by atoms with E-state index in [1.165, 1.54) is 6.92 Å². The topological polar surface area (TPSA) is 146 Å². The van der Waals surface area contributed by atoms with E-state index in [2.05, 4.69) is 33.5 Å². The van der Waals surface area contributed by atoms with Crippen molar-refractivity contribution >= 4 is 29.5 Å². The van der Waals surface area contributed by atoms with E-state index in [0.717, 1.165) is 57.8 Å². The monoisotopic (exact) mass is 497 g/mol. The molecule has 0 spiro atoms. The average Bonchev–Trinajstić information content (AvgIpc) is 2.82. The third-order valence-electron chi connectivity index (χ3n) is 5.31. The molecule has 5 amide bonds. The fourth-order valence-electron chi connectivity index (χ4n) is 3.21. The van der Waals surface area contributed by atoms with Crippen molar-refractivity contribution in [1.29, 1.82) is 0 Å². The first-order chi connectivity index (χ1) is 16.8. The maximum Gasteiger partial charge on any atom is 0.220 e. The van der Waals surface area contributed by atoms with Gasteiger partial charge < -0.3 is 26.6 Å². The van der Waals surface area contributed by atoms with E-state index >= 15 is 0 Å². The predicted octanol–water partition coefficient (Wildman–Crippen LogP) is 1.68. The standard InChI is InChI=1S/C25H47N5O5/c1-3-4-7-17-27-22(32)12-13-23(33)29-19-10-6-11-20-30-25(35)15-14-24(34)28-18-9-5-8-16-26-21(2)31/h3-20H2,1-2H3,(H,26,31)(H,27,32)(H,28,34)(H,29,33)(H,30,35). The second-order valence-electron chi connectivity index (χ2n) is 8.71. The highest BCUT2D eigenvalue weighted by Gasteiger charge is 2.07. The Balaban J connectivity index is 3.50. The van der Waals surface area contributed by atoms with Crippen LogP contribution in [0.5, 0.6) is 0 Å². The lowest BCUT2D eigenvalue weighted by atomic mass is 10.2. The third kappa shape index (κ3) is 24.3. The van der Waals surface area contributed by atoms with Gasteiger partial charge in [-0.2, -0.15) is 0 Å². The predicted molar refractivity (Wildman–Crippen MR) is 136 cm³/mol. The van der Waals surface area contributed by atoms with Crippen LogP contribution >= 0.6 is 0 Å². The Bertz CT molecular complexity index is 627. The summed E-state index contributed by atoms with van der Waals surface area (Å²) in [5, 5.41) is 14.0. The molecule has 0 aliphatic rings. The Hall–Kier alpha value is -2.65. The Labute approximate surface area is 210 Å². The molecule has 0 saturated heterocycles. The minimum absolute atomic E-state index is 0.0350. The third-order valence-corrected chi connectivity index (χ3v) is 5.31. The highest BCUT2D eigenvalue weighted by atomic mass is 16.2. The lowest BCUT2D eigenvalue weighted by Crippen LogP contribution is -2.29. The Kier molecular flexibility index (Phi) is 21.4. The maximum atomic E-state index is 11.8. The van der Waals surface area contributed by atoms with Gasteiger partial charge in [-0.25, -0.2) is 0 Å². The molecular formula is C25H47N5O5. The van der Waals surface area contributed by atoms with E-state index in [-0.39, 0.29) is 55.2 Å². The summed E-state index contributed by atoms with van der Waals surface area (Å²) in [5.74, 6) is -0.513. The molecule has 0 radical (unpaired) electrons. The number of hydrogen-bond donors (Lipinski definition) is 5. The highest BCUT2D eigenvalue weighted by Crippen LogP contribution is 1.97. The van der Waals surface area contributed by atoms with Gasteiger partial charge in [0.15, 0.2) is 0 Å². The Morgan fingerprint density at radius 2 is 0.714 bits per heavy atom. The van der Waals surface area contributed by atoms with E-state index in [1.807, 2.05) is 0 Å². The fourth-order valence-corrected chi connectivity index (χ4v) is 3.21. The van der Waals surface area contributed by atoms with E-state index in [9.17, 15) is 24.0 Å². The maximum absolute atomic E-state index is 11.8. The van der Waals surface area contributed by atoms with Crippen LogP contribution in [0.25, 0.3) is 0 Å². The number of hydrogen-bond acceptors (Lipinski definition) is 5. The summed E-state index contributed by atoms with van der Waals surface area (Å²) in [6.07, 6.45) is 9.00. The van der Waals surface area contributed by atoms with Crippen LogP contribution in [0, 0.1) is 0 Å². The summed E-state index contributed by atoms with van der Waals surface area (Å²) in [7, 11) is 0. The van der Waals surface area contributed by atoms with Crippen LogP contribution in [0.15, 0.2) is 0 Å². The molecule has 0 aromatic carbocycles. The van der Waals surface area contributed by atoms with Crippen LogP contribution in [-0.2, 0) is 24.0 Å². The summed E-state index contributed by atoms with van der Waals surface area (Å²) >= 11 is 0. The van der Waals surface area contributed by atoms with Gasteiger partial charge >= 0.3 is 0 Å². The molecule has 0 aliphatic carbocycles. The molecule has 202 valence electrons. The summed E-state index contributed by atoms with van der Waals surface area (Å²) in [5.41, 5.74) is 0. The summed E-state index contributed by atoms with van der Waals surface area (Å²) in [6.45, 7) is 6.58. The molecule has 10 heteroatoms. The van der Waals surface area contributed by atoms with Gasteiger partial charge in [-0.3, -0.25) is 24.0 Å². The van der Waals surface area contributed by atoms with Gasteiger partial charge in [0, 0.05) is 65.3 Å². The van der Waals surface area contributed by atoms with Crippen molar-refractivity contribution in [3.63, 3.8) is 0 Å². The lowest BCUT2D eigenvalue weighted by molar-refractivity contribution is -0.126. The van der Waals surface area contributed by atoms with Gasteiger partial charge in [-0.15, -0.1) is 0 Å². The first kappa shape index (κ1) is 32.4. The van der Waals surface area contributed by atoms with Crippen molar-refractivity contribution in [3.05, 3.63) is 0 Å². The van der Waals surface area contributed by atoms with Gasteiger partial charge in [0.2, 0.25) is 29.5 Å². The number of carbonyl (C=O) groups excluding carboxylic acids is 5. The van der Waals surface area contributed by atoms with Crippen LogP contribution in [0.1, 0.15) is 97.3 Å². The molecule has 0 saturated carbocycles. The summed E-state index contributed by atoms with van der Waals surface area (Å²) in [4.78, 5) is 57.8. The van der Waals surface area contributed by atoms with Gasteiger partial charge in [0.25, 0.3) is 0 Å². The van der Waals surface area contributed by atoms with E-state index in [1.54, 1.807) is 0 Å². The van der Waals surface area contributed by atoms with Crippen molar-refractivity contribution in [1.82, 2.24) is 26.6 Å². The minimum Gasteiger partial charge on any atom is -0.356 e. The average molecular weight is 498 g/mol. The molecule has 0 aromatic rings. The number of amides is 5. The highest BCUT2D eigenvalue weighted by molar-refractivity contribution is 5.84. The molecule has 0 aliphatic heterocycles. The van der Waals surface area contributed by atoms with E-state index in [4.69, 9.17) is 0 Å². The van der Waals surface area contributed by atoms with E-state index < -0.39 is 0 Å². The number of nitrogens with one attached hydrogen (secondary N) is 5. The first-order valence-electron chi connectivity index (χ1n) is 13.2. The normalized spacial score (nSPS) is 10.3. The summed E-state index contributed by atoms with van der Waals surface area (Å²) in [6, 6.07) is 0. The minimum atomic E-state index is -0.142. The molecule has 0 heterocycles. The van der Waals surface area contributed by atoms with Crippen LogP contribution < -0.4 is 26.6 Å². The van der Waals surface area contributed by atoms with Crippen molar-refractivity contribution in [3.8, 4) is 0 Å². The molecule has 35 heavy (non-hydrogen) atoms.